The summed E-state index contributed by atoms with van der Waals surface area (Å²) >= 11 is 0. The van der Waals surface area contributed by atoms with Crippen LogP contribution in [0.1, 0.15) is 54.4 Å². The third-order valence-corrected chi connectivity index (χ3v) is 3.09. The maximum absolute atomic E-state index is 12.3. The number of alkyl carbamates (subject to hydrolysis) is 1. The lowest BCUT2D eigenvalue weighted by Crippen LogP contribution is -2.61. The number of hydrogen-bond acceptors (Lipinski definition) is 5. The molecule has 0 aromatic rings. The molecule has 0 aliphatic rings. The highest BCUT2D eigenvalue weighted by atomic mass is 16.6. The average Bonchev–Trinajstić information content (AvgIpc) is 2.35. The normalized spacial score (nSPS) is 15.0. The molecule has 23 heavy (non-hydrogen) atoms. The number of nitrogens with one attached hydrogen (secondary N) is 2. The number of amides is 2. The van der Waals surface area contributed by atoms with Gasteiger partial charge in [-0.15, -0.1) is 0 Å². The molecule has 0 saturated carbocycles. The van der Waals surface area contributed by atoms with E-state index in [1.807, 2.05) is 0 Å². The molecular weight excluding hydrogens is 304 g/mol. The molecule has 0 aliphatic carbocycles. The average molecular weight is 330 g/mol. The summed E-state index contributed by atoms with van der Waals surface area (Å²) in [5.74, 6) is -2.94. The third-order valence-electron chi connectivity index (χ3n) is 3.09. The van der Waals surface area contributed by atoms with Crippen LogP contribution in [0.5, 0.6) is 0 Å². The Hall–Kier alpha value is -2.12. The zero-order chi connectivity index (χ0) is 18.4. The number of hydrogen-bond donors (Lipinski definition) is 3. The van der Waals surface area contributed by atoms with Crippen molar-refractivity contribution in [2.24, 2.45) is 0 Å². The Morgan fingerprint density at radius 1 is 1.13 bits per heavy atom. The molecular formula is C15H26N2O6. The molecule has 8 nitrogen and oxygen atoms in total. The van der Waals surface area contributed by atoms with Crippen LogP contribution in [0.2, 0.25) is 0 Å². The number of rotatable bonds is 7. The van der Waals surface area contributed by atoms with E-state index < -0.39 is 40.9 Å². The summed E-state index contributed by atoms with van der Waals surface area (Å²) in [6, 6.07) is -0.993. The summed E-state index contributed by atoms with van der Waals surface area (Å²) in [6.07, 6.45) is 0.0575. The minimum atomic E-state index is -2.04. The molecule has 0 radical (unpaired) electrons. The topological polar surface area (TPSA) is 122 Å². The van der Waals surface area contributed by atoms with Gasteiger partial charge in [0.05, 0.1) is 0 Å². The molecule has 0 aromatic heterocycles. The number of aliphatic carboxylic acids is 1. The Bertz CT molecular complexity index is 467. The van der Waals surface area contributed by atoms with Gasteiger partial charge in [-0.1, -0.05) is 13.3 Å². The van der Waals surface area contributed by atoms with E-state index in [1.165, 1.54) is 0 Å². The van der Waals surface area contributed by atoms with Gasteiger partial charge in [0.15, 0.2) is 11.3 Å². The van der Waals surface area contributed by atoms with Gasteiger partial charge >= 0.3 is 12.1 Å². The molecule has 0 fully saturated rings. The van der Waals surface area contributed by atoms with Gasteiger partial charge in [0.1, 0.15) is 11.6 Å². The van der Waals surface area contributed by atoms with E-state index in [2.05, 4.69) is 10.6 Å². The fourth-order valence-corrected chi connectivity index (χ4v) is 1.63. The quantitative estimate of drug-likeness (QED) is 0.604. The van der Waals surface area contributed by atoms with Crippen molar-refractivity contribution < 1.29 is 29.0 Å². The van der Waals surface area contributed by atoms with E-state index in [9.17, 15) is 19.2 Å². The van der Waals surface area contributed by atoms with Crippen LogP contribution in [0, 0.1) is 0 Å². The second-order valence-electron chi connectivity index (χ2n) is 6.46. The Kier molecular flexibility index (Phi) is 7.21. The maximum Gasteiger partial charge on any atom is 0.408 e. The molecule has 8 heteroatoms. The van der Waals surface area contributed by atoms with Crippen LogP contribution in [0.25, 0.3) is 0 Å². The lowest BCUT2D eigenvalue weighted by molar-refractivity contribution is -0.151. The second kappa shape index (κ2) is 7.94. The minimum absolute atomic E-state index is 0.276. The van der Waals surface area contributed by atoms with Gasteiger partial charge in [0.2, 0.25) is 5.91 Å². The predicted molar refractivity (Wildman–Crippen MR) is 82.9 cm³/mol. The summed E-state index contributed by atoms with van der Waals surface area (Å²) in [5.41, 5.74) is -2.77. The van der Waals surface area contributed by atoms with Crippen molar-refractivity contribution in [2.75, 3.05) is 0 Å². The molecule has 0 aliphatic heterocycles. The summed E-state index contributed by atoms with van der Waals surface area (Å²) in [6.45, 7) is 9.02. The zero-order valence-electron chi connectivity index (χ0n) is 14.5. The third kappa shape index (κ3) is 6.66. The van der Waals surface area contributed by atoms with Crippen LogP contribution in [-0.4, -0.2) is 46.0 Å². The van der Waals surface area contributed by atoms with Crippen molar-refractivity contribution >= 4 is 23.8 Å². The largest absolute Gasteiger partial charge is 0.479 e. The second-order valence-corrected chi connectivity index (χ2v) is 6.46. The van der Waals surface area contributed by atoms with Gasteiger partial charge in [0, 0.05) is 0 Å². The van der Waals surface area contributed by atoms with Gasteiger partial charge in [-0.2, -0.15) is 0 Å². The van der Waals surface area contributed by atoms with Crippen LogP contribution in [0.3, 0.4) is 0 Å². The van der Waals surface area contributed by atoms with E-state index >= 15 is 0 Å². The van der Waals surface area contributed by atoms with Crippen molar-refractivity contribution in [3.63, 3.8) is 0 Å². The molecule has 0 aromatic carbocycles. The monoisotopic (exact) mass is 330 g/mol. The Balaban J connectivity index is 5.09. The molecule has 0 bridgehead atoms. The standard InChI is InChI=1S/C15H26N2O6/c1-7-8-10(16-13(22)23-14(3,4)5)11(19)17-15(6,9(2)18)12(20)21/h10H,7-8H2,1-6H3,(H,16,22)(H,17,19)(H,20,21)/t10-,15-/m0/s1. The SMILES string of the molecule is CCC[C@H](NC(=O)OC(C)(C)C)C(=O)N[C@@](C)(C(C)=O)C(=O)O. The zero-order valence-corrected chi connectivity index (χ0v) is 14.5. The summed E-state index contributed by atoms with van der Waals surface area (Å²) in [4.78, 5) is 46.8. The minimum Gasteiger partial charge on any atom is -0.479 e. The lowest BCUT2D eigenvalue weighted by Gasteiger charge is -2.27. The summed E-state index contributed by atoms with van der Waals surface area (Å²) in [7, 11) is 0. The Labute approximate surface area is 136 Å². The van der Waals surface area contributed by atoms with Crippen molar-refractivity contribution in [2.45, 2.75) is 71.6 Å². The molecule has 0 rings (SSSR count). The van der Waals surface area contributed by atoms with Gasteiger partial charge in [-0.25, -0.2) is 9.59 Å². The van der Waals surface area contributed by atoms with Crippen LogP contribution in [0.15, 0.2) is 0 Å². The van der Waals surface area contributed by atoms with Crippen LogP contribution in [0.4, 0.5) is 4.79 Å². The van der Waals surface area contributed by atoms with Crippen molar-refractivity contribution in [1.29, 1.82) is 0 Å². The smallest absolute Gasteiger partial charge is 0.408 e. The van der Waals surface area contributed by atoms with Crippen LogP contribution in [-0.2, 0) is 19.1 Å². The fourth-order valence-electron chi connectivity index (χ4n) is 1.63. The van der Waals surface area contributed by atoms with Crippen molar-refractivity contribution in [3.05, 3.63) is 0 Å². The van der Waals surface area contributed by atoms with Crippen molar-refractivity contribution in [3.8, 4) is 0 Å². The van der Waals surface area contributed by atoms with Gasteiger partial charge in [0.25, 0.3) is 0 Å². The summed E-state index contributed by atoms with van der Waals surface area (Å²) in [5, 5.41) is 13.7. The Morgan fingerprint density at radius 3 is 2.00 bits per heavy atom. The number of ether oxygens (including phenoxy) is 1. The first-order valence-corrected chi connectivity index (χ1v) is 7.39. The number of carbonyl (C=O) groups is 4. The number of Topliss-reactive ketones (excluding diaryl/α,β-unsaturated/α-hetero) is 1. The number of carboxylic acids is 1. The highest BCUT2D eigenvalue weighted by molar-refractivity contribution is 6.09. The van der Waals surface area contributed by atoms with E-state index in [0.29, 0.717) is 6.42 Å². The molecule has 132 valence electrons. The molecule has 2 atom stereocenters. The predicted octanol–water partition coefficient (Wildman–Crippen LogP) is 1.23. The molecule has 3 N–H and O–H groups in total. The van der Waals surface area contributed by atoms with E-state index in [-0.39, 0.29) is 6.42 Å². The van der Waals surface area contributed by atoms with E-state index in [4.69, 9.17) is 9.84 Å². The number of carboxylic acid groups (broad SMARTS) is 1. The van der Waals surface area contributed by atoms with Crippen molar-refractivity contribution in [1.82, 2.24) is 10.6 Å². The molecule has 0 unspecified atom stereocenters. The number of carbonyl (C=O) groups excluding carboxylic acids is 3. The van der Waals surface area contributed by atoms with Gasteiger partial charge in [-0.3, -0.25) is 9.59 Å². The highest BCUT2D eigenvalue weighted by Crippen LogP contribution is 2.10. The number of ketones is 1. The molecule has 0 saturated heterocycles. The lowest BCUT2D eigenvalue weighted by atomic mass is 9.96. The van der Waals surface area contributed by atoms with Crippen LogP contribution < -0.4 is 10.6 Å². The van der Waals surface area contributed by atoms with Gasteiger partial charge in [-0.05, 0) is 41.0 Å². The highest BCUT2D eigenvalue weighted by Gasteiger charge is 2.41. The van der Waals surface area contributed by atoms with E-state index in [1.54, 1.807) is 27.7 Å². The first kappa shape index (κ1) is 20.9. The molecule has 0 spiro atoms. The Morgan fingerprint density at radius 2 is 1.65 bits per heavy atom. The van der Waals surface area contributed by atoms with Crippen LogP contribution >= 0.6 is 0 Å². The molecule has 2 amide bonds. The first-order valence-electron chi connectivity index (χ1n) is 7.39. The maximum atomic E-state index is 12.3. The summed E-state index contributed by atoms with van der Waals surface area (Å²) < 4.78 is 5.08. The van der Waals surface area contributed by atoms with E-state index in [0.717, 1.165) is 13.8 Å². The fraction of sp³-hybridized carbons (Fsp3) is 0.733. The first-order chi connectivity index (χ1) is 10.3. The molecule has 0 heterocycles. The van der Waals surface area contributed by atoms with Gasteiger partial charge < -0.3 is 20.5 Å².